The maximum atomic E-state index is 5.90. The van der Waals surface area contributed by atoms with Gasteiger partial charge in [-0.1, -0.05) is 32.4 Å². The molecule has 2 rings (SSSR count). The van der Waals surface area contributed by atoms with Crippen molar-refractivity contribution in [1.29, 1.82) is 0 Å². The summed E-state index contributed by atoms with van der Waals surface area (Å²) in [6.07, 6.45) is 5.33. The topological polar surface area (TPSA) is 12.5 Å². The van der Waals surface area contributed by atoms with E-state index in [1.165, 1.54) is 50.9 Å². The van der Waals surface area contributed by atoms with Crippen molar-refractivity contribution in [2.24, 2.45) is 0 Å². The van der Waals surface area contributed by atoms with E-state index in [2.05, 4.69) is 56.9 Å². The third-order valence-corrected chi connectivity index (χ3v) is 4.81. The maximum Gasteiger partial charge on any atom is 0.119 e. The Bertz CT molecular complexity index is 433. The Morgan fingerprint density at radius 1 is 1.19 bits per heavy atom. The van der Waals surface area contributed by atoms with Gasteiger partial charge in [0, 0.05) is 0 Å². The first-order valence-corrected chi connectivity index (χ1v) is 8.59. The fraction of sp³-hybridized carbons (Fsp3) is 0.684. The van der Waals surface area contributed by atoms with Gasteiger partial charge in [0.25, 0.3) is 0 Å². The number of ether oxygens (including phenoxy) is 1. The van der Waals surface area contributed by atoms with E-state index < -0.39 is 0 Å². The molecule has 0 aliphatic carbocycles. The third-order valence-electron chi connectivity index (χ3n) is 4.81. The van der Waals surface area contributed by atoms with E-state index in [1.54, 1.807) is 0 Å². The number of likely N-dealkylation sites (tertiary alicyclic amines) is 1. The monoisotopic (exact) mass is 289 g/mol. The zero-order chi connectivity index (χ0) is 15.3. The lowest BCUT2D eigenvalue weighted by atomic mass is 9.70. The van der Waals surface area contributed by atoms with Crippen LogP contribution in [0.3, 0.4) is 0 Å². The number of benzene rings is 1. The summed E-state index contributed by atoms with van der Waals surface area (Å²) < 4.78 is 5.90. The van der Waals surface area contributed by atoms with Gasteiger partial charge in [0.1, 0.15) is 5.75 Å². The zero-order valence-electron chi connectivity index (χ0n) is 14.2. The molecular weight excluding hydrogens is 258 g/mol. The molecule has 21 heavy (non-hydrogen) atoms. The standard InChI is InChI=1S/C19H31NO/c1-5-10-19(11-13-20(6-2)14-12-19)17-8-7-9-18(15-17)21-16(3)4/h7-9,15-16H,5-6,10-14H2,1-4H3. The first kappa shape index (κ1) is 16.4. The van der Waals surface area contributed by atoms with Crippen LogP contribution in [0.2, 0.25) is 0 Å². The Hall–Kier alpha value is -1.02. The average Bonchev–Trinajstić information content (AvgIpc) is 2.48. The summed E-state index contributed by atoms with van der Waals surface area (Å²) in [4.78, 5) is 2.57. The van der Waals surface area contributed by atoms with Gasteiger partial charge in [-0.15, -0.1) is 0 Å². The van der Waals surface area contributed by atoms with E-state index >= 15 is 0 Å². The van der Waals surface area contributed by atoms with Crippen LogP contribution in [-0.2, 0) is 5.41 Å². The molecule has 2 nitrogen and oxygen atoms in total. The van der Waals surface area contributed by atoms with Crippen LogP contribution in [0, 0.1) is 0 Å². The predicted molar refractivity (Wildman–Crippen MR) is 90.1 cm³/mol. The SMILES string of the molecule is CCCC1(c2cccc(OC(C)C)c2)CCN(CC)CC1. The number of piperidine rings is 1. The second kappa shape index (κ2) is 7.31. The van der Waals surface area contributed by atoms with Crippen molar-refractivity contribution >= 4 is 0 Å². The first-order valence-electron chi connectivity index (χ1n) is 8.59. The molecule has 0 bridgehead atoms. The largest absolute Gasteiger partial charge is 0.491 e. The van der Waals surface area contributed by atoms with Gasteiger partial charge in [0.15, 0.2) is 0 Å². The molecule has 1 aromatic rings. The van der Waals surface area contributed by atoms with E-state index in [1.807, 2.05) is 0 Å². The Balaban J connectivity index is 2.22. The van der Waals surface area contributed by atoms with Gasteiger partial charge >= 0.3 is 0 Å². The minimum absolute atomic E-state index is 0.240. The van der Waals surface area contributed by atoms with E-state index in [-0.39, 0.29) is 6.10 Å². The number of nitrogens with zero attached hydrogens (tertiary/aromatic N) is 1. The Morgan fingerprint density at radius 2 is 1.90 bits per heavy atom. The van der Waals surface area contributed by atoms with Crippen LogP contribution >= 0.6 is 0 Å². The molecule has 0 unspecified atom stereocenters. The van der Waals surface area contributed by atoms with E-state index in [9.17, 15) is 0 Å². The van der Waals surface area contributed by atoms with Crippen molar-refractivity contribution in [1.82, 2.24) is 4.90 Å². The van der Waals surface area contributed by atoms with Gasteiger partial charge in [-0.2, -0.15) is 0 Å². The second-order valence-corrected chi connectivity index (χ2v) is 6.66. The molecule has 0 radical (unpaired) electrons. The van der Waals surface area contributed by atoms with Crippen LogP contribution in [-0.4, -0.2) is 30.6 Å². The summed E-state index contributed by atoms with van der Waals surface area (Å²) in [5.41, 5.74) is 1.84. The number of hydrogen-bond acceptors (Lipinski definition) is 2. The third kappa shape index (κ3) is 4.00. The van der Waals surface area contributed by atoms with Crippen molar-refractivity contribution in [3.05, 3.63) is 29.8 Å². The highest BCUT2D eigenvalue weighted by Crippen LogP contribution is 2.40. The van der Waals surface area contributed by atoms with Gasteiger partial charge in [-0.05, 0) is 75.9 Å². The van der Waals surface area contributed by atoms with E-state index in [4.69, 9.17) is 4.74 Å². The minimum Gasteiger partial charge on any atom is -0.491 e. The van der Waals surface area contributed by atoms with E-state index in [0.717, 1.165) is 5.75 Å². The normalized spacial score (nSPS) is 18.9. The molecule has 1 aromatic carbocycles. The smallest absolute Gasteiger partial charge is 0.119 e. The highest BCUT2D eigenvalue weighted by Gasteiger charge is 2.35. The minimum atomic E-state index is 0.240. The molecule has 0 saturated carbocycles. The molecule has 1 aliphatic heterocycles. The summed E-state index contributed by atoms with van der Waals surface area (Å²) in [5, 5.41) is 0. The number of rotatable bonds is 6. The van der Waals surface area contributed by atoms with Crippen molar-refractivity contribution in [3.63, 3.8) is 0 Å². The van der Waals surface area contributed by atoms with Gasteiger partial charge in [0.2, 0.25) is 0 Å². The predicted octanol–water partition coefficient (Wildman–Crippen LogP) is 4.63. The molecule has 2 heteroatoms. The molecule has 0 spiro atoms. The summed E-state index contributed by atoms with van der Waals surface area (Å²) in [6.45, 7) is 12.4. The van der Waals surface area contributed by atoms with Crippen LogP contribution in [0.15, 0.2) is 24.3 Å². The van der Waals surface area contributed by atoms with Gasteiger partial charge in [0.05, 0.1) is 6.10 Å². The molecular formula is C19H31NO. The van der Waals surface area contributed by atoms with Crippen molar-refractivity contribution in [2.75, 3.05) is 19.6 Å². The van der Waals surface area contributed by atoms with Gasteiger partial charge in [-0.3, -0.25) is 0 Å². The van der Waals surface area contributed by atoms with Crippen LogP contribution < -0.4 is 4.74 Å². The maximum absolute atomic E-state index is 5.90. The fourth-order valence-corrected chi connectivity index (χ4v) is 3.63. The lowest BCUT2D eigenvalue weighted by molar-refractivity contribution is 0.156. The van der Waals surface area contributed by atoms with Crippen molar-refractivity contribution < 1.29 is 4.74 Å². The molecule has 0 atom stereocenters. The Labute approximate surface area is 130 Å². The molecule has 0 amide bonds. The molecule has 1 aliphatic rings. The van der Waals surface area contributed by atoms with E-state index in [0.29, 0.717) is 5.41 Å². The zero-order valence-corrected chi connectivity index (χ0v) is 14.2. The quantitative estimate of drug-likeness (QED) is 0.757. The Morgan fingerprint density at radius 3 is 2.48 bits per heavy atom. The average molecular weight is 289 g/mol. The van der Waals surface area contributed by atoms with Crippen molar-refractivity contribution in [2.45, 2.75) is 64.9 Å². The summed E-state index contributed by atoms with van der Waals surface area (Å²) in [6, 6.07) is 8.85. The second-order valence-electron chi connectivity index (χ2n) is 6.66. The Kier molecular flexibility index (Phi) is 5.69. The fourth-order valence-electron chi connectivity index (χ4n) is 3.63. The highest BCUT2D eigenvalue weighted by atomic mass is 16.5. The highest BCUT2D eigenvalue weighted by molar-refractivity contribution is 5.34. The van der Waals surface area contributed by atoms with Crippen LogP contribution in [0.4, 0.5) is 0 Å². The summed E-state index contributed by atoms with van der Waals surface area (Å²) >= 11 is 0. The molecule has 1 fully saturated rings. The van der Waals surface area contributed by atoms with Crippen LogP contribution in [0.25, 0.3) is 0 Å². The van der Waals surface area contributed by atoms with Crippen LogP contribution in [0.1, 0.15) is 58.9 Å². The first-order chi connectivity index (χ1) is 10.1. The lowest BCUT2D eigenvalue weighted by Crippen LogP contribution is -2.42. The summed E-state index contributed by atoms with van der Waals surface area (Å²) in [7, 11) is 0. The molecule has 118 valence electrons. The van der Waals surface area contributed by atoms with Gasteiger partial charge < -0.3 is 9.64 Å². The lowest BCUT2D eigenvalue weighted by Gasteiger charge is -2.42. The summed E-state index contributed by atoms with van der Waals surface area (Å²) in [5.74, 6) is 1.02. The molecule has 1 heterocycles. The number of hydrogen-bond donors (Lipinski definition) is 0. The van der Waals surface area contributed by atoms with Gasteiger partial charge in [-0.25, -0.2) is 0 Å². The molecule has 0 aromatic heterocycles. The van der Waals surface area contributed by atoms with Crippen molar-refractivity contribution in [3.8, 4) is 5.75 Å². The molecule has 0 N–H and O–H groups in total. The molecule has 1 saturated heterocycles. The van der Waals surface area contributed by atoms with Crippen LogP contribution in [0.5, 0.6) is 5.75 Å².